The third-order valence-corrected chi connectivity index (χ3v) is 7.35. The Labute approximate surface area is 213 Å². The molecule has 1 saturated carbocycles. The molecule has 4 rings (SSSR count). The van der Waals surface area contributed by atoms with E-state index in [0.29, 0.717) is 12.2 Å². The number of fused-ring (bicyclic) bond motifs is 1. The first-order valence-corrected chi connectivity index (χ1v) is 12.9. The Bertz CT molecular complexity index is 1180. The van der Waals surface area contributed by atoms with Crippen LogP contribution in [0, 0.1) is 5.82 Å². The molecular formula is C28H30BrFN2O3. The van der Waals surface area contributed by atoms with Crippen LogP contribution >= 0.6 is 15.9 Å². The van der Waals surface area contributed by atoms with Crippen molar-refractivity contribution in [3.63, 3.8) is 0 Å². The molecule has 1 N–H and O–H groups in total. The number of benzene rings is 3. The number of rotatable bonds is 9. The van der Waals surface area contributed by atoms with Crippen molar-refractivity contribution in [2.45, 2.75) is 57.7 Å². The third kappa shape index (κ3) is 6.20. The molecule has 0 spiro atoms. The standard InChI is InChI=1S/C28H30BrFN2O3/c1-2-24(28(34)31-22-8-4-5-9-22)32(17-19-11-14-21(30)15-12-19)26(33)18-35-25-16-13-20-7-3-6-10-23(20)27(25)29/h3,6-7,10-16,22,24H,2,4-5,8-9,17-18H2,1H3,(H,31,34). The van der Waals surface area contributed by atoms with E-state index in [4.69, 9.17) is 4.74 Å². The molecule has 3 aromatic rings. The lowest BCUT2D eigenvalue weighted by molar-refractivity contribution is -0.143. The zero-order chi connectivity index (χ0) is 24.8. The number of nitrogens with zero attached hydrogens (tertiary/aromatic N) is 1. The van der Waals surface area contributed by atoms with Gasteiger partial charge in [0.2, 0.25) is 5.91 Å². The van der Waals surface area contributed by atoms with E-state index in [9.17, 15) is 14.0 Å². The van der Waals surface area contributed by atoms with Crippen molar-refractivity contribution in [3.05, 3.63) is 76.5 Å². The van der Waals surface area contributed by atoms with Gasteiger partial charge < -0.3 is 15.0 Å². The van der Waals surface area contributed by atoms with Crippen LogP contribution in [0.15, 0.2) is 65.1 Å². The molecule has 1 unspecified atom stereocenters. The Hall–Kier alpha value is -2.93. The second kappa shape index (κ2) is 11.7. The van der Waals surface area contributed by atoms with Gasteiger partial charge in [-0.1, -0.05) is 62.2 Å². The van der Waals surface area contributed by atoms with E-state index in [-0.39, 0.29) is 36.8 Å². The van der Waals surface area contributed by atoms with Crippen molar-refractivity contribution in [1.29, 1.82) is 0 Å². The van der Waals surface area contributed by atoms with Gasteiger partial charge in [0, 0.05) is 12.6 Å². The third-order valence-electron chi connectivity index (χ3n) is 6.53. The summed E-state index contributed by atoms with van der Waals surface area (Å²) in [6, 6.07) is 17.2. The van der Waals surface area contributed by atoms with Crippen LogP contribution in [-0.2, 0) is 16.1 Å². The second-order valence-electron chi connectivity index (χ2n) is 8.95. The minimum absolute atomic E-state index is 0.151. The summed E-state index contributed by atoms with van der Waals surface area (Å²) in [5, 5.41) is 5.17. The van der Waals surface area contributed by atoms with Crippen LogP contribution in [0.1, 0.15) is 44.6 Å². The Balaban J connectivity index is 1.53. The fraction of sp³-hybridized carbons (Fsp3) is 0.357. The van der Waals surface area contributed by atoms with Crippen LogP contribution in [0.25, 0.3) is 10.8 Å². The summed E-state index contributed by atoms with van der Waals surface area (Å²) in [4.78, 5) is 28.2. The number of halogens is 2. The molecular weight excluding hydrogens is 511 g/mol. The van der Waals surface area contributed by atoms with Gasteiger partial charge >= 0.3 is 0 Å². The van der Waals surface area contributed by atoms with Crippen LogP contribution < -0.4 is 10.1 Å². The summed E-state index contributed by atoms with van der Waals surface area (Å²) in [7, 11) is 0. The average molecular weight is 541 g/mol. The molecule has 1 fully saturated rings. The van der Waals surface area contributed by atoms with Crippen LogP contribution in [0.3, 0.4) is 0 Å². The molecule has 1 aliphatic rings. The van der Waals surface area contributed by atoms with Gasteiger partial charge in [-0.25, -0.2) is 4.39 Å². The zero-order valence-corrected chi connectivity index (χ0v) is 21.4. The number of amides is 2. The summed E-state index contributed by atoms with van der Waals surface area (Å²) >= 11 is 3.59. The Morgan fingerprint density at radius 2 is 1.80 bits per heavy atom. The number of ether oxygens (including phenoxy) is 1. The molecule has 0 radical (unpaired) electrons. The van der Waals surface area contributed by atoms with Crippen molar-refractivity contribution in [3.8, 4) is 5.75 Å². The molecule has 35 heavy (non-hydrogen) atoms. The van der Waals surface area contributed by atoms with Gasteiger partial charge in [-0.05, 0) is 69.7 Å². The van der Waals surface area contributed by atoms with E-state index < -0.39 is 6.04 Å². The lowest BCUT2D eigenvalue weighted by atomic mass is 10.1. The fourth-order valence-electron chi connectivity index (χ4n) is 4.62. The molecule has 2 amide bonds. The second-order valence-corrected chi connectivity index (χ2v) is 9.74. The van der Waals surface area contributed by atoms with Crippen molar-refractivity contribution in [1.82, 2.24) is 10.2 Å². The van der Waals surface area contributed by atoms with Gasteiger partial charge in [-0.2, -0.15) is 0 Å². The topological polar surface area (TPSA) is 58.6 Å². The van der Waals surface area contributed by atoms with E-state index in [2.05, 4.69) is 21.2 Å². The number of nitrogens with one attached hydrogen (secondary N) is 1. The van der Waals surface area contributed by atoms with Gasteiger partial charge in [-0.15, -0.1) is 0 Å². The smallest absolute Gasteiger partial charge is 0.261 e. The highest BCUT2D eigenvalue weighted by Gasteiger charge is 2.31. The molecule has 1 atom stereocenters. The van der Waals surface area contributed by atoms with Crippen LogP contribution in [0.5, 0.6) is 5.75 Å². The Kier molecular flexibility index (Phi) is 8.39. The largest absolute Gasteiger partial charge is 0.483 e. The lowest BCUT2D eigenvalue weighted by Crippen LogP contribution is -2.52. The Morgan fingerprint density at radius 3 is 2.51 bits per heavy atom. The van der Waals surface area contributed by atoms with E-state index in [1.165, 1.54) is 12.1 Å². The quantitative estimate of drug-likeness (QED) is 0.362. The minimum Gasteiger partial charge on any atom is -0.483 e. The normalized spacial score (nSPS) is 14.6. The first kappa shape index (κ1) is 25.2. The fourth-order valence-corrected chi connectivity index (χ4v) is 5.23. The van der Waals surface area contributed by atoms with Crippen molar-refractivity contribution >= 4 is 38.5 Å². The van der Waals surface area contributed by atoms with Crippen molar-refractivity contribution in [2.24, 2.45) is 0 Å². The predicted molar refractivity (Wildman–Crippen MR) is 139 cm³/mol. The molecule has 0 aliphatic heterocycles. The summed E-state index contributed by atoms with van der Waals surface area (Å²) in [5.41, 5.74) is 0.749. The highest BCUT2D eigenvalue weighted by atomic mass is 79.9. The van der Waals surface area contributed by atoms with Gasteiger partial charge in [0.15, 0.2) is 6.61 Å². The van der Waals surface area contributed by atoms with E-state index in [0.717, 1.165) is 46.5 Å². The van der Waals surface area contributed by atoms with Gasteiger partial charge in [0.05, 0.1) is 4.47 Å². The predicted octanol–water partition coefficient (Wildman–Crippen LogP) is 5.99. The minimum atomic E-state index is -0.642. The first-order valence-electron chi connectivity index (χ1n) is 12.1. The van der Waals surface area contributed by atoms with Crippen molar-refractivity contribution in [2.75, 3.05) is 6.61 Å². The van der Waals surface area contributed by atoms with Gasteiger partial charge in [0.25, 0.3) is 5.91 Å². The van der Waals surface area contributed by atoms with E-state index in [1.807, 2.05) is 43.3 Å². The highest BCUT2D eigenvalue weighted by Crippen LogP contribution is 2.33. The molecule has 0 heterocycles. The first-order chi connectivity index (χ1) is 17.0. The molecule has 184 valence electrons. The van der Waals surface area contributed by atoms with Gasteiger partial charge in [-0.3, -0.25) is 9.59 Å². The molecule has 1 aliphatic carbocycles. The highest BCUT2D eigenvalue weighted by molar-refractivity contribution is 9.10. The number of carbonyl (C=O) groups excluding carboxylic acids is 2. The summed E-state index contributed by atoms with van der Waals surface area (Å²) in [5.74, 6) is -0.242. The summed E-state index contributed by atoms with van der Waals surface area (Å²) in [6.07, 6.45) is 4.61. The molecule has 7 heteroatoms. The number of hydrogen-bond acceptors (Lipinski definition) is 3. The van der Waals surface area contributed by atoms with Crippen LogP contribution in [0.4, 0.5) is 4.39 Å². The molecule has 0 aromatic heterocycles. The molecule has 3 aromatic carbocycles. The number of hydrogen-bond donors (Lipinski definition) is 1. The summed E-state index contributed by atoms with van der Waals surface area (Å²) in [6.45, 7) is 1.87. The van der Waals surface area contributed by atoms with E-state index in [1.54, 1.807) is 17.0 Å². The van der Waals surface area contributed by atoms with Crippen LogP contribution in [-0.4, -0.2) is 35.4 Å². The molecule has 5 nitrogen and oxygen atoms in total. The zero-order valence-electron chi connectivity index (χ0n) is 19.8. The van der Waals surface area contributed by atoms with Crippen molar-refractivity contribution < 1.29 is 18.7 Å². The maximum Gasteiger partial charge on any atom is 0.261 e. The molecule has 0 saturated heterocycles. The van der Waals surface area contributed by atoms with Gasteiger partial charge in [0.1, 0.15) is 17.6 Å². The Morgan fingerprint density at radius 1 is 1.09 bits per heavy atom. The van der Waals surface area contributed by atoms with Crippen LogP contribution in [0.2, 0.25) is 0 Å². The summed E-state index contributed by atoms with van der Waals surface area (Å²) < 4.78 is 20.2. The SMILES string of the molecule is CCC(C(=O)NC1CCCC1)N(Cc1ccc(F)cc1)C(=O)COc1ccc2ccccc2c1Br. The lowest BCUT2D eigenvalue weighted by Gasteiger charge is -2.31. The maximum absolute atomic E-state index is 13.5. The maximum atomic E-state index is 13.5. The monoisotopic (exact) mass is 540 g/mol. The average Bonchev–Trinajstić information content (AvgIpc) is 3.37. The number of carbonyl (C=O) groups is 2. The molecule has 0 bridgehead atoms. The van der Waals surface area contributed by atoms with E-state index >= 15 is 0 Å².